The minimum Gasteiger partial charge on any atom is -0.427 e. The molecule has 21 nitrogen and oxygen atoms in total. The number of carbonyl (C=O) groups is 10. The summed E-state index contributed by atoms with van der Waals surface area (Å²) < 4.78 is 15.9. The highest BCUT2D eigenvalue weighted by Crippen LogP contribution is 2.33. The lowest BCUT2D eigenvalue weighted by atomic mass is 10.0. The number of primary amides is 2. The quantitative estimate of drug-likeness (QED) is 0.0238. The second-order valence-corrected chi connectivity index (χ2v) is 33.6. The van der Waals surface area contributed by atoms with E-state index in [1.807, 2.05) is 154 Å². The molecule has 0 saturated carbocycles. The van der Waals surface area contributed by atoms with E-state index in [-0.39, 0.29) is 111 Å². The summed E-state index contributed by atoms with van der Waals surface area (Å²) in [5, 5.41) is 22.7. The molecule has 0 heterocycles. The Bertz CT molecular complexity index is 2790. The van der Waals surface area contributed by atoms with Crippen LogP contribution in [0, 0.1) is 11.8 Å². The molecule has 10 amide bonds. The van der Waals surface area contributed by atoms with Crippen molar-refractivity contribution >= 4 is 86.2 Å². The fraction of sp³-hybridized carbons (Fsp3) is 0.485. The molecule has 492 valence electrons. The van der Waals surface area contributed by atoms with Gasteiger partial charge in [-0.05, 0) is 66.6 Å². The molecule has 0 aliphatic rings. The molecule has 4 aromatic rings. The number of hydrogen-bond donors (Lipinski definition) is 11. The highest BCUT2D eigenvalue weighted by atomic mass is 28.4. The predicted octanol–water partition coefficient (Wildman–Crippen LogP) is 3.32. The van der Waals surface area contributed by atoms with Gasteiger partial charge in [0.2, 0.25) is 67.4 Å². The van der Waals surface area contributed by atoms with Gasteiger partial charge in [-0.2, -0.15) is 0 Å². The van der Waals surface area contributed by atoms with Gasteiger partial charge >= 0.3 is 0 Å². The number of amides is 10. The van der Waals surface area contributed by atoms with Gasteiger partial charge in [-0.3, -0.25) is 47.9 Å². The monoisotopic (exact) mass is 1280 g/mol. The molecule has 0 aromatic heterocycles. The number of nitrogens with two attached hydrogens (primary N) is 2. The van der Waals surface area contributed by atoms with Crippen LogP contribution in [0.4, 0.5) is 4.11 Å². The summed E-state index contributed by atoms with van der Waals surface area (Å²) in [6.07, 6.45) is 0.282. The standard InChI is InChI=1S/C33H48FN5O5Si.C33H49N5O6Si/c1-21(2)31(39-30(42)19-25-12-14-26(15-13-25)45(34,22(3)4)23(5)6)33(44)36-17-16-29(41)38-27(32(43)37-20-28(35)40)18-24-10-8-7-9-11-24;1-21(2)31(38-30(41)19-25-12-14-26(15-13-25)45(44,22(3)4)23(5)6)33(43)35-17-16-29(40)37-27(32(42)36-20-28(34)39)18-24-10-8-7-9-11-24/h7-15,21-23,27,31H,16-20H2,1-6H3,(H2,35,40)(H,36,44)(H,37,43)(H,38,41)(H,39,42);7-15,21-23,27,31,44H,16-20H2,1-6H3,(H2,34,39)(H,35,43)(H,36,42)(H,37,40)(H,38,41)/t2*27-,31-/m00/s1. The summed E-state index contributed by atoms with van der Waals surface area (Å²) in [4.78, 5) is 136. The average molecular weight is 1280 g/mol. The first-order chi connectivity index (χ1) is 42.3. The van der Waals surface area contributed by atoms with Crippen molar-refractivity contribution in [2.75, 3.05) is 26.2 Å². The molecule has 0 bridgehead atoms. The zero-order valence-corrected chi connectivity index (χ0v) is 56.3. The van der Waals surface area contributed by atoms with E-state index in [1.165, 1.54) is 0 Å². The molecule has 24 heteroatoms. The second kappa shape index (κ2) is 37.2. The maximum absolute atomic E-state index is 15.9. The summed E-state index contributed by atoms with van der Waals surface area (Å²) in [5.41, 5.74) is 13.5. The van der Waals surface area contributed by atoms with Crippen LogP contribution >= 0.6 is 0 Å². The van der Waals surface area contributed by atoms with Crippen molar-refractivity contribution in [3.63, 3.8) is 0 Å². The van der Waals surface area contributed by atoms with E-state index in [0.717, 1.165) is 21.9 Å². The van der Waals surface area contributed by atoms with Gasteiger partial charge in [-0.15, -0.1) is 0 Å². The van der Waals surface area contributed by atoms with E-state index >= 15 is 4.11 Å². The fourth-order valence-electron chi connectivity index (χ4n) is 10.4. The number of rotatable bonds is 34. The molecule has 4 aromatic carbocycles. The third-order valence-corrected chi connectivity index (χ3v) is 24.9. The lowest BCUT2D eigenvalue weighted by Gasteiger charge is -2.33. The molecular formula is C66H97FN10O11Si2. The minimum absolute atomic E-state index is 0.00924. The van der Waals surface area contributed by atoms with Crippen LogP contribution in [-0.4, -0.2) is 131 Å². The smallest absolute Gasteiger partial charge is 0.282 e. The van der Waals surface area contributed by atoms with Crippen LogP contribution in [0.5, 0.6) is 0 Å². The highest BCUT2D eigenvalue weighted by Gasteiger charge is 2.44. The van der Waals surface area contributed by atoms with Crippen LogP contribution in [0.15, 0.2) is 109 Å². The van der Waals surface area contributed by atoms with Gasteiger partial charge in [0.15, 0.2) is 0 Å². The van der Waals surface area contributed by atoms with E-state index < -0.39 is 88.1 Å². The molecule has 0 fully saturated rings. The Labute approximate surface area is 532 Å². The predicted molar refractivity (Wildman–Crippen MR) is 352 cm³/mol. The maximum atomic E-state index is 15.9. The lowest BCUT2D eigenvalue weighted by molar-refractivity contribution is -0.131. The Hall–Kier alpha value is -8.10. The van der Waals surface area contributed by atoms with Crippen LogP contribution < -0.4 is 64.4 Å². The molecule has 4 atom stereocenters. The molecule has 0 spiro atoms. The molecule has 90 heavy (non-hydrogen) atoms. The van der Waals surface area contributed by atoms with Crippen LogP contribution in [0.25, 0.3) is 0 Å². The van der Waals surface area contributed by atoms with Crippen molar-refractivity contribution in [2.24, 2.45) is 23.3 Å². The van der Waals surface area contributed by atoms with Crippen molar-refractivity contribution in [3.05, 3.63) is 131 Å². The van der Waals surface area contributed by atoms with Crippen molar-refractivity contribution in [2.45, 2.75) is 168 Å². The highest BCUT2D eigenvalue weighted by molar-refractivity contribution is 6.88. The average Bonchev–Trinajstić information content (AvgIpc) is 0.880. The van der Waals surface area contributed by atoms with Crippen LogP contribution in [0.3, 0.4) is 0 Å². The van der Waals surface area contributed by atoms with Crippen molar-refractivity contribution in [3.8, 4) is 0 Å². The number of carbonyl (C=O) groups excluding carboxylic acids is 10. The normalized spacial score (nSPS) is 12.8. The lowest BCUT2D eigenvalue weighted by Crippen LogP contribution is -2.53. The van der Waals surface area contributed by atoms with Gasteiger partial charge < -0.3 is 62.9 Å². The fourth-order valence-corrected chi connectivity index (χ4v) is 17.1. The largest absolute Gasteiger partial charge is 0.427 e. The molecule has 0 saturated heterocycles. The van der Waals surface area contributed by atoms with Gasteiger partial charge in [-0.1, -0.05) is 192 Å². The number of benzene rings is 4. The summed E-state index contributed by atoms with van der Waals surface area (Å²) in [5.74, 6) is -5.45. The number of halogens is 1. The number of hydrogen-bond acceptors (Lipinski definition) is 11. The van der Waals surface area contributed by atoms with Crippen LogP contribution in [0.1, 0.15) is 118 Å². The Morgan fingerprint density at radius 3 is 1.04 bits per heavy atom. The van der Waals surface area contributed by atoms with Gasteiger partial charge in [0.1, 0.15) is 24.2 Å². The SMILES string of the molecule is CC(C)[C@H](NC(=O)Cc1ccc([Si](F)(C(C)C)C(C)C)cc1)C(=O)NCCC(=O)N[C@@H](Cc1ccccc1)C(=O)NCC(N)=O.CC(C)[C@H](NC(=O)Cc1ccc([Si](O)(C(C)C)C(C)C)cc1)C(=O)NCCC(=O)N[C@@H](Cc1ccccc1)C(=O)NCC(N)=O. The van der Waals surface area contributed by atoms with Crippen molar-refractivity contribution in [1.82, 2.24) is 42.5 Å². The Morgan fingerprint density at radius 2 is 0.744 bits per heavy atom. The molecular weight excluding hydrogens is 1180 g/mol. The molecule has 0 unspecified atom stereocenters. The van der Waals surface area contributed by atoms with Gasteiger partial charge in [-0.25, -0.2) is 0 Å². The summed E-state index contributed by atoms with van der Waals surface area (Å²) in [7, 11) is -5.86. The van der Waals surface area contributed by atoms with Crippen LogP contribution in [0.2, 0.25) is 22.2 Å². The first kappa shape index (κ1) is 76.2. The first-order valence-electron chi connectivity index (χ1n) is 30.8. The van der Waals surface area contributed by atoms with Gasteiger partial charge in [0.05, 0.1) is 25.9 Å². The Kier molecular flexibility index (Phi) is 31.4. The van der Waals surface area contributed by atoms with Crippen LogP contribution in [-0.2, 0) is 73.6 Å². The zero-order chi connectivity index (χ0) is 67.5. The summed E-state index contributed by atoms with van der Waals surface area (Å²) in [6.45, 7) is 22.3. The molecule has 13 N–H and O–H groups in total. The van der Waals surface area contributed by atoms with Crippen molar-refractivity contribution < 1.29 is 56.8 Å². The molecule has 0 radical (unpaired) electrons. The summed E-state index contributed by atoms with van der Waals surface area (Å²) in [6, 6.07) is 29.2. The van der Waals surface area contributed by atoms with Gasteiger partial charge in [0, 0.05) is 38.8 Å². The molecule has 0 aliphatic heterocycles. The molecule has 0 aliphatic carbocycles. The molecule has 4 rings (SSSR count). The van der Waals surface area contributed by atoms with E-state index in [1.54, 1.807) is 38.1 Å². The Morgan fingerprint density at radius 1 is 0.411 bits per heavy atom. The van der Waals surface area contributed by atoms with E-state index in [2.05, 4.69) is 42.5 Å². The second-order valence-electron chi connectivity index (χ2n) is 24.6. The maximum Gasteiger partial charge on any atom is 0.282 e. The zero-order valence-electron chi connectivity index (χ0n) is 54.3. The first-order valence-corrected chi connectivity index (χ1v) is 35.0. The van der Waals surface area contributed by atoms with Gasteiger partial charge in [0.25, 0.3) is 8.41 Å². The Balaban J connectivity index is 0.000000470. The minimum atomic E-state index is -3.18. The third-order valence-electron chi connectivity index (χ3n) is 15.6. The van der Waals surface area contributed by atoms with Crippen molar-refractivity contribution in [1.29, 1.82) is 0 Å². The third kappa shape index (κ3) is 24.7. The topological polar surface area (TPSA) is 339 Å². The number of nitrogens with one attached hydrogen (secondary N) is 8. The van der Waals surface area contributed by atoms with E-state index in [9.17, 15) is 52.7 Å². The van der Waals surface area contributed by atoms with E-state index in [0.29, 0.717) is 10.8 Å². The summed E-state index contributed by atoms with van der Waals surface area (Å²) >= 11 is 0. The van der Waals surface area contributed by atoms with E-state index in [4.69, 9.17) is 11.5 Å².